The highest BCUT2D eigenvalue weighted by Crippen LogP contribution is 2.49. The molecule has 0 spiro atoms. The van der Waals surface area contributed by atoms with Gasteiger partial charge in [-0.2, -0.15) is 0 Å². The van der Waals surface area contributed by atoms with Gasteiger partial charge in [0.25, 0.3) is 0 Å². The average Bonchev–Trinajstić information content (AvgIpc) is 3.08. The molecule has 0 aromatic heterocycles. The van der Waals surface area contributed by atoms with Crippen LogP contribution >= 0.6 is 0 Å². The Hall–Kier alpha value is -2.42. The summed E-state index contributed by atoms with van der Waals surface area (Å²) >= 11 is 0. The zero-order valence-electron chi connectivity index (χ0n) is 13.9. The third kappa shape index (κ3) is 2.27. The van der Waals surface area contributed by atoms with Crippen LogP contribution in [0.2, 0.25) is 0 Å². The van der Waals surface area contributed by atoms with Crippen LogP contribution in [0, 0.1) is 11.8 Å². The van der Waals surface area contributed by atoms with E-state index in [9.17, 15) is 9.59 Å². The van der Waals surface area contributed by atoms with Crippen molar-refractivity contribution >= 4 is 22.5 Å². The number of carbonyl (C=O) groups excluding carboxylic acids is 2. The Balaban J connectivity index is 1.89. The molecule has 0 amide bonds. The maximum absolute atomic E-state index is 12.6. The van der Waals surface area contributed by atoms with Crippen molar-refractivity contribution in [2.45, 2.75) is 32.3 Å². The number of hydrogen-bond acceptors (Lipinski definition) is 3. The maximum Gasteiger partial charge on any atom is 0.338 e. The molecular weight excluding hydrogens is 300 g/mol. The molecule has 2 aromatic rings. The Morgan fingerprint density at radius 1 is 1.12 bits per heavy atom. The van der Waals surface area contributed by atoms with Gasteiger partial charge in [-0.15, -0.1) is 0 Å². The Morgan fingerprint density at radius 2 is 1.92 bits per heavy atom. The van der Waals surface area contributed by atoms with E-state index in [1.165, 1.54) is 0 Å². The van der Waals surface area contributed by atoms with Crippen LogP contribution in [-0.2, 0) is 9.53 Å². The number of hydrogen-bond donors (Lipinski definition) is 0. The summed E-state index contributed by atoms with van der Waals surface area (Å²) in [6, 6.07) is 11.9. The molecular formula is C21H20O3. The Morgan fingerprint density at radius 3 is 2.58 bits per heavy atom. The van der Waals surface area contributed by atoms with Crippen molar-refractivity contribution in [3.05, 3.63) is 59.7 Å². The first-order valence-electron chi connectivity index (χ1n) is 8.51. The Labute approximate surface area is 141 Å². The summed E-state index contributed by atoms with van der Waals surface area (Å²) in [5.74, 6) is -0.0475. The standard InChI is InChI=1S/C21H20O3/c1-12(2)24-21(23)17-10-7-13-5-3-4-6-15(13)19(17)18-11-14-8-9-16(18)20(14)22/h3-10,12,14,16,18H,11H2,1-2H3. The number of Topliss-reactive ketones (excluding diaryl/α,β-unsaturated/α-hetero) is 1. The maximum atomic E-state index is 12.6. The van der Waals surface area contributed by atoms with Crippen molar-refractivity contribution < 1.29 is 14.3 Å². The highest BCUT2D eigenvalue weighted by molar-refractivity contribution is 6.01. The van der Waals surface area contributed by atoms with Crippen molar-refractivity contribution in [3.63, 3.8) is 0 Å². The van der Waals surface area contributed by atoms with Crippen LogP contribution in [0.15, 0.2) is 48.6 Å². The molecule has 0 heterocycles. The van der Waals surface area contributed by atoms with Gasteiger partial charge in [-0.3, -0.25) is 4.79 Å². The van der Waals surface area contributed by atoms with E-state index in [1.54, 1.807) is 0 Å². The van der Waals surface area contributed by atoms with Crippen LogP contribution < -0.4 is 0 Å². The van der Waals surface area contributed by atoms with E-state index in [4.69, 9.17) is 4.74 Å². The summed E-state index contributed by atoms with van der Waals surface area (Å²) in [5.41, 5.74) is 1.57. The highest BCUT2D eigenvalue weighted by atomic mass is 16.5. The zero-order valence-corrected chi connectivity index (χ0v) is 13.9. The minimum Gasteiger partial charge on any atom is -0.459 e. The van der Waals surface area contributed by atoms with Crippen molar-refractivity contribution in [1.82, 2.24) is 0 Å². The van der Waals surface area contributed by atoms with E-state index in [-0.39, 0.29) is 35.6 Å². The fraction of sp³-hybridized carbons (Fsp3) is 0.333. The molecule has 24 heavy (non-hydrogen) atoms. The largest absolute Gasteiger partial charge is 0.459 e. The van der Waals surface area contributed by atoms with Crippen LogP contribution in [0.25, 0.3) is 10.8 Å². The summed E-state index contributed by atoms with van der Waals surface area (Å²) in [4.78, 5) is 25.0. The number of rotatable bonds is 3. The second-order valence-electron chi connectivity index (χ2n) is 6.96. The summed E-state index contributed by atoms with van der Waals surface area (Å²) < 4.78 is 5.45. The smallest absolute Gasteiger partial charge is 0.338 e. The molecule has 1 fully saturated rings. The van der Waals surface area contributed by atoms with Crippen molar-refractivity contribution in [3.8, 4) is 0 Å². The number of allylic oxidation sites excluding steroid dienone is 2. The third-order valence-corrected chi connectivity index (χ3v) is 5.09. The van der Waals surface area contributed by atoms with Crippen molar-refractivity contribution in [2.75, 3.05) is 0 Å². The van der Waals surface area contributed by atoms with E-state index < -0.39 is 0 Å². The van der Waals surface area contributed by atoms with Gasteiger partial charge in [-0.1, -0.05) is 42.5 Å². The van der Waals surface area contributed by atoms with Gasteiger partial charge in [0.2, 0.25) is 0 Å². The molecule has 2 aliphatic carbocycles. The molecule has 3 heteroatoms. The van der Waals surface area contributed by atoms with Crippen molar-refractivity contribution in [1.29, 1.82) is 0 Å². The molecule has 0 N–H and O–H groups in total. The van der Waals surface area contributed by atoms with Gasteiger partial charge < -0.3 is 4.74 Å². The molecule has 3 nitrogen and oxygen atoms in total. The number of carbonyl (C=O) groups is 2. The first-order chi connectivity index (χ1) is 11.6. The molecule has 2 bridgehead atoms. The molecule has 3 atom stereocenters. The summed E-state index contributed by atoms with van der Waals surface area (Å²) in [6.07, 6.45) is 4.65. The normalized spacial score (nSPS) is 25.0. The summed E-state index contributed by atoms with van der Waals surface area (Å²) in [7, 11) is 0. The van der Waals surface area contributed by atoms with Crippen LogP contribution in [0.3, 0.4) is 0 Å². The van der Waals surface area contributed by atoms with Gasteiger partial charge >= 0.3 is 5.97 Å². The topological polar surface area (TPSA) is 43.4 Å². The number of esters is 1. The van der Waals surface area contributed by atoms with Gasteiger partial charge in [0.1, 0.15) is 5.78 Å². The summed E-state index contributed by atoms with van der Waals surface area (Å²) in [5, 5.41) is 2.14. The fourth-order valence-electron chi connectivity index (χ4n) is 4.09. The number of fused-ring (bicyclic) bond motifs is 3. The molecule has 0 saturated heterocycles. The van der Waals surface area contributed by atoms with Crippen molar-refractivity contribution in [2.24, 2.45) is 11.8 Å². The molecule has 122 valence electrons. The van der Waals surface area contributed by atoms with Crippen LogP contribution in [0.5, 0.6) is 0 Å². The highest BCUT2D eigenvalue weighted by Gasteiger charge is 2.45. The minimum absolute atomic E-state index is 0.00735. The molecule has 0 radical (unpaired) electrons. The molecule has 2 aromatic carbocycles. The zero-order chi connectivity index (χ0) is 16.8. The minimum atomic E-state index is -0.301. The number of benzene rings is 2. The Bertz CT molecular complexity index is 863. The number of ketones is 1. The summed E-state index contributed by atoms with van der Waals surface area (Å²) in [6.45, 7) is 3.70. The predicted octanol–water partition coefficient (Wildman–Crippen LogP) is 4.26. The molecule has 2 aliphatic rings. The lowest BCUT2D eigenvalue weighted by molar-refractivity contribution is -0.120. The Kier molecular flexibility index (Phi) is 3.52. The van der Waals surface area contributed by atoms with E-state index in [0.29, 0.717) is 5.56 Å². The van der Waals surface area contributed by atoms with Gasteiger partial charge in [0, 0.05) is 11.8 Å². The van der Waals surface area contributed by atoms with Crippen LogP contribution in [0.1, 0.15) is 42.1 Å². The second kappa shape index (κ2) is 5.59. The average molecular weight is 320 g/mol. The third-order valence-electron chi connectivity index (χ3n) is 5.09. The lowest BCUT2D eigenvalue weighted by Crippen LogP contribution is -2.17. The van der Waals surface area contributed by atoms with E-state index >= 15 is 0 Å². The van der Waals surface area contributed by atoms with Gasteiger partial charge in [-0.25, -0.2) is 4.79 Å². The molecule has 4 rings (SSSR count). The van der Waals surface area contributed by atoms with Gasteiger partial charge in [-0.05, 0) is 48.6 Å². The lowest BCUT2D eigenvalue weighted by atomic mass is 9.81. The fourth-order valence-corrected chi connectivity index (χ4v) is 4.09. The first kappa shape index (κ1) is 15.1. The quantitative estimate of drug-likeness (QED) is 0.627. The van der Waals surface area contributed by atoms with E-state index in [1.807, 2.05) is 62.4 Å². The second-order valence-corrected chi connectivity index (χ2v) is 6.96. The van der Waals surface area contributed by atoms with Gasteiger partial charge in [0.15, 0.2) is 0 Å². The van der Waals surface area contributed by atoms with E-state index in [0.717, 1.165) is 22.8 Å². The predicted molar refractivity (Wildman–Crippen MR) is 93.0 cm³/mol. The number of ether oxygens (including phenoxy) is 1. The lowest BCUT2D eigenvalue weighted by Gasteiger charge is -2.22. The SMILES string of the molecule is CC(C)OC(=O)c1ccc2ccccc2c1C1CC2C=CC1C2=O. The molecule has 0 aliphatic heterocycles. The monoisotopic (exact) mass is 320 g/mol. The van der Waals surface area contributed by atoms with Crippen LogP contribution in [-0.4, -0.2) is 17.9 Å². The van der Waals surface area contributed by atoms with Gasteiger partial charge in [0.05, 0.1) is 11.7 Å². The molecule has 3 unspecified atom stereocenters. The van der Waals surface area contributed by atoms with E-state index in [2.05, 4.69) is 0 Å². The first-order valence-corrected chi connectivity index (χ1v) is 8.51. The molecule has 1 saturated carbocycles. The van der Waals surface area contributed by atoms with Crippen LogP contribution in [0.4, 0.5) is 0 Å².